The van der Waals surface area contributed by atoms with Crippen LogP contribution in [0.3, 0.4) is 0 Å². The Morgan fingerprint density at radius 3 is 3.00 bits per heavy atom. The molecule has 1 radical (unpaired) electrons. The summed E-state index contributed by atoms with van der Waals surface area (Å²) in [4.78, 5) is 17.1. The molecule has 2 rings (SSSR count). The van der Waals surface area contributed by atoms with Crippen LogP contribution >= 0.6 is 0 Å². The molecule has 17 heavy (non-hydrogen) atoms. The maximum atomic E-state index is 11.3. The van der Waals surface area contributed by atoms with Crippen LogP contribution in [-0.4, -0.2) is 28.9 Å². The maximum absolute atomic E-state index is 11.3. The van der Waals surface area contributed by atoms with Gasteiger partial charge in [-0.05, 0) is 12.1 Å². The van der Waals surface area contributed by atoms with Crippen molar-refractivity contribution in [1.29, 1.82) is 0 Å². The summed E-state index contributed by atoms with van der Waals surface area (Å²) in [5.41, 5.74) is 6.58. The molecule has 0 unspecified atom stereocenters. The summed E-state index contributed by atoms with van der Waals surface area (Å²) in [5.74, 6) is 5.99. The largest absolute Gasteiger partial charge is 0.418 e. The number of rotatable bonds is 1. The van der Waals surface area contributed by atoms with E-state index in [1.54, 1.807) is 11.0 Å². The fourth-order valence-electron chi connectivity index (χ4n) is 1.53. The SMILES string of the molecule is Nc1[c-]cc(C#CCN2CCCC2=O)nc1.[Y]. The molecule has 0 atom stereocenters. The van der Waals surface area contributed by atoms with E-state index in [2.05, 4.69) is 22.9 Å². The summed E-state index contributed by atoms with van der Waals surface area (Å²) < 4.78 is 0. The number of pyridine rings is 1. The minimum Gasteiger partial charge on any atom is -0.418 e. The van der Waals surface area contributed by atoms with Gasteiger partial charge in [0, 0.05) is 45.7 Å². The zero-order valence-corrected chi connectivity index (χ0v) is 12.3. The van der Waals surface area contributed by atoms with Crippen LogP contribution in [0.2, 0.25) is 0 Å². The van der Waals surface area contributed by atoms with Gasteiger partial charge in [-0.15, -0.1) is 12.0 Å². The number of hydrogen-bond donors (Lipinski definition) is 1. The minimum absolute atomic E-state index is 0. The van der Waals surface area contributed by atoms with Crippen LogP contribution in [0.5, 0.6) is 0 Å². The molecule has 1 aromatic heterocycles. The molecule has 1 amide bonds. The molecule has 85 valence electrons. The predicted octanol–water partition coefficient (Wildman–Crippen LogP) is 0.435. The summed E-state index contributed by atoms with van der Waals surface area (Å²) in [6.45, 7) is 1.29. The molecule has 4 nitrogen and oxygen atoms in total. The first kappa shape index (κ1) is 14.1. The van der Waals surface area contributed by atoms with Crippen LogP contribution in [0.1, 0.15) is 18.5 Å². The summed E-state index contributed by atoms with van der Waals surface area (Å²) in [7, 11) is 0. The number of aromatic nitrogens is 1. The smallest absolute Gasteiger partial charge is 0.223 e. The van der Waals surface area contributed by atoms with Crippen molar-refractivity contribution in [3.63, 3.8) is 0 Å². The zero-order chi connectivity index (χ0) is 11.4. The molecule has 5 heteroatoms. The van der Waals surface area contributed by atoms with Crippen LogP contribution in [0, 0.1) is 17.9 Å². The van der Waals surface area contributed by atoms with Gasteiger partial charge in [-0.25, -0.2) is 0 Å². The standard InChI is InChI=1S/C12H12N3O.Y/c13-10-5-6-11(14-9-10)3-1-7-15-8-2-4-12(15)16;/h6,9H,2,4,7-8,13H2;/q-1;. The van der Waals surface area contributed by atoms with Gasteiger partial charge in [-0.2, -0.15) is 6.07 Å². The van der Waals surface area contributed by atoms with Gasteiger partial charge in [0.15, 0.2) is 0 Å². The van der Waals surface area contributed by atoms with E-state index < -0.39 is 0 Å². The van der Waals surface area contributed by atoms with E-state index >= 15 is 0 Å². The molecule has 0 spiro atoms. The average Bonchev–Trinajstić information content (AvgIpc) is 2.68. The first-order valence-corrected chi connectivity index (χ1v) is 5.15. The fraction of sp³-hybridized carbons (Fsp3) is 0.333. The van der Waals surface area contributed by atoms with Gasteiger partial charge in [0.2, 0.25) is 5.91 Å². The Labute approximate surface area is 126 Å². The third-order valence-corrected chi connectivity index (χ3v) is 2.38. The van der Waals surface area contributed by atoms with E-state index in [1.165, 1.54) is 6.20 Å². The van der Waals surface area contributed by atoms with Crippen molar-refractivity contribution < 1.29 is 37.5 Å². The van der Waals surface area contributed by atoms with Crippen molar-refractivity contribution in [3.05, 3.63) is 24.0 Å². The number of nitrogens with zero attached hydrogens (tertiary/aromatic N) is 2. The first-order valence-electron chi connectivity index (χ1n) is 5.15. The van der Waals surface area contributed by atoms with E-state index in [1.807, 2.05) is 0 Å². The topological polar surface area (TPSA) is 59.2 Å². The Kier molecular flexibility index (Phi) is 5.60. The van der Waals surface area contributed by atoms with Gasteiger partial charge in [-0.1, -0.05) is 17.8 Å². The number of carbonyl (C=O) groups excluding carboxylic acids is 1. The van der Waals surface area contributed by atoms with Gasteiger partial charge in [-0.3, -0.25) is 4.79 Å². The second-order valence-corrected chi connectivity index (χ2v) is 3.61. The van der Waals surface area contributed by atoms with Crippen LogP contribution < -0.4 is 5.73 Å². The summed E-state index contributed by atoms with van der Waals surface area (Å²) >= 11 is 0. The predicted molar refractivity (Wildman–Crippen MR) is 60.2 cm³/mol. The van der Waals surface area contributed by atoms with Gasteiger partial charge in [0.05, 0.1) is 6.54 Å². The molecule has 0 aromatic carbocycles. The second-order valence-electron chi connectivity index (χ2n) is 3.61. The normalized spacial score (nSPS) is 13.9. The average molecular weight is 303 g/mol. The molecule has 1 aliphatic heterocycles. The summed E-state index contributed by atoms with van der Waals surface area (Å²) in [5, 5.41) is 0. The van der Waals surface area contributed by atoms with Crippen LogP contribution in [0.15, 0.2) is 12.3 Å². The van der Waals surface area contributed by atoms with Gasteiger partial charge in [0.25, 0.3) is 0 Å². The third-order valence-electron chi connectivity index (χ3n) is 2.38. The molecule has 0 saturated carbocycles. The molecule has 0 aliphatic carbocycles. The Bertz CT molecular complexity index is 447. The van der Waals surface area contributed by atoms with Crippen molar-refractivity contribution in [3.8, 4) is 11.8 Å². The van der Waals surface area contributed by atoms with Crippen molar-refractivity contribution >= 4 is 11.6 Å². The molecule has 1 aromatic rings. The number of hydrogen-bond acceptors (Lipinski definition) is 3. The monoisotopic (exact) mass is 303 g/mol. The number of anilines is 1. The van der Waals surface area contributed by atoms with Crippen molar-refractivity contribution in [2.45, 2.75) is 12.8 Å². The Balaban J connectivity index is 0.00000144. The Hall–Kier alpha value is -0.916. The molecule has 2 heterocycles. The number of likely N-dealkylation sites (tertiary alicyclic amines) is 1. The molecule has 0 bridgehead atoms. The van der Waals surface area contributed by atoms with E-state index in [9.17, 15) is 4.79 Å². The molecular formula is C12H12N3OY-. The molecule has 1 saturated heterocycles. The summed E-state index contributed by atoms with van der Waals surface area (Å²) in [6, 6.07) is 4.47. The van der Waals surface area contributed by atoms with Crippen LogP contribution in [0.4, 0.5) is 5.69 Å². The second kappa shape index (κ2) is 6.73. The van der Waals surface area contributed by atoms with Crippen molar-refractivity contribution in [2.75, 3.05) is 18.8 Å². The van der Waals surface area contributed by atoms with Crippen LogP contribution in [0.25, 0.3) is 0 Å². The van der Waals surface area contributed by atoms with Gasteiger partial charge >= 0.3 is 0 Å². The van der Waals surface area contributed by atoms with E-state index in [0.29, 0.717) is 24.3 Å². The number of amides is 1. The molecule has 1 fully saturated rings. The maximum Gasteiger partial charge on any atom is 0.223 e. The Morgan fingerprint density at radius 1 is 1.59 bits per heavy atom. The first-order chi connectivity index (χ1) is 7.75. The van der Waals surface area contributed by atoms with Crippen molar-refractivity contribution in [1.82, 2.24) is 9.88 Å². The molecule has 2 N–H and O–H groups in total. The third kappa shape index (κ3) is 4.10. The Morgan fingerprint density at radius 2 is 2.41 bits per heavy atom. The number of nitrogen functional groups attached to an aromatic ring is 1. The number of nitrogens with two attached hydrogens (primary N) is 1. The van der Waals surface area contributed by atoms with Gasteiger partial charge in [0.1, 0.15) is 0 Å². The quantitative estimate of drug-likeness (QED) is 0.605. The van der Waals surface area contributed by atoms with E-state index in [4.69, 9.17) is 5.73 Å². The van der Waals surface area contributed by atoms with Gasteiger partial charge < -0.3 is 15.6 Å². The zero-order valence-electron chi connectivity index (χ0n) is 9.44. The van der Waals surface area contributed by atoms with E-state index in [0.717, 1.165) is 13.0 Å². The number of carbonyl (C=O) groups is 1. The minimum atomic E-state index is 0. The fourth-order valence-corrected chi connectivity index (χ4v) is 1.53. The van der Waals surface area contributed by atoms with Crippen molar-refractivity contribution in [2.24, 2.45) is 0 Å². The summed E-state index contributed by atoms with van der Waals surface area (Å²) in [6.07, 6.45) is 3.11. The molecular weight excluding hydrogens is 291 g/mol. The van der Waals surface area contributed by atoms with E-state index in [-0.39, 0.29) is 38.6 Å². The van der Waals surface area contributed by atoms with Crippen LogP contribution in [-0.2, 0) is 37.5 Å². The molecule has 1 aliphatic rings.